The Kier molecular flexibility index (Phi) is 3.36. The number of amides is 2. The fourth-order valence-electron chi connectivity index (χ4n) is 2.24. The summed E-state index contributed by atoms with van der Waals surface area (Å²) in [5.41, 5.74) is 6.82. The molecule has 2 rings (SSSR count). The first kappa shape index (κ1) is 12.6. The molecule has 1 saturated heterocycles. The van der Waals surface area contributed by atoms with Crippen molar-refractivity contribution >= 4 is 11.8 Å². The number of carbonyl (C=O) groups excluding carboxylic acids is 2. The van der Waals surface area contributed by atoms with Gasteiger partial charge in [0.25, 0.3) is 0 Å². The summed E-state index contributed by atoms with van der Waals surface area (Å²) in [5, 5.41) is 3.82. The van der Waals surface area contributed by atoms with Gasteiger partial charge in [-0.3, -0.25) is 9.59 Å². The van der Waals surface area contributed by atoms with Gasteiger partial charge >= 0.3 is 0 Å². The Labute approximate surface area is 105 Å². The highest BCUT2D eigenvalue weighted by Crippen LogP contribution is 2.19. The lowest BCUT2D eigenvalue weighted by molar-refractivity contribution is -0.129. The number of hydrogen-bond donors (Lipinski definition) is 1. The predicted molar refractivity (Wildman–Crippen MR) is 63.6 cm³/mol. The third-order valence-electron chi connectivity index (χ3n) is 3.45. The third kappa shape index (κ3) is 2.37. The first-order chi connectivity index (χ1) is 8.49. The highest BCUT2D eigenvalue weighted by molar-refractivity contribution is 5.82. The molecule has 0 radical (unpaired) electrons. The number of aromatic nitrogens is 1. The van der Waals surface area contributed by atoms with E-state index >= 15 is 0 Å². The fourth-order valence-corrected chi connectivity index (χ4v) is 2.24. The van der Waals surface area contributed by atoms with Crippen molar-refractivity contribution in [2.75, 3.05) is 13.1 Å². The van der Waals surface area contributed by atoms with Gasteiger partial charge in [0, 0.05) is 18.7 Å². The zero-order valence-corrected chi connectivity index (χ0v) is 10.6. The summed E-state index contributed by atoms with van der Waals surface area (Å²) in [5.74, 6) is 0.126. The number of nitrogens with two attached hydrogens (primary N) is 1. The summed E-state index contributed by atoms with van der Waals surface area (Å²) in [4.78, 5) is 24.8. The number of rotatable bonds is 3. The largest absolute Gasteiger partial charge is 0.369 e. The van der Waals surface area contributed by atoms with Crippen LogP contribution in [0.3, 0.4) is 0 Å². The van der Waals surface area contributed by atoms with Crippen molar-refractivity contribution in [2.45, 2.75) is 26.7 Å². The smallest absolute Gasteiger partial charge is 0.227 e. The Balaban J connectivity index is 2.00. The van der Waals surface area contributed by atoms with E-state index in [0.717, 1.165) is 11.3 Å². The normalized spacial score (nSPS) is 19.2. The summed E-state index contributed by atoms with van der Waals surface area (Å²) in [6.07, 6.45) is 0.926. The minimum atomic E-state index is -0.331. The quantitative estimate of drug-likeness (QED) is 0.829. The molecule has 6 heteroatoms. The predicted octanol–water partition coefficient (Wildman–Crippen LogP) is 0.168. The van der Waals surface area contributed by atoms with Crippen LogP contribution in [0.1, 0.15) is 23.4 Å². The Morgan fingerprint density at radius 1 is 1.50 bits per heavy atom. The Hall–Kier alpha value is -1.85. The van der Waals surface area contributed by atoms with E-state index in [1.54, 1.807) is 11.8 Å². The van der Waals surface area contributed by atoms with Crippen LogP contribution in [-0.4, -0.2) is 35.0 Å². The van der Waals surface area contributed by atoms with Crippen molar-refractivity contribution in [1.82, 2.24) is 10.1 Å². The maximum atomic E-state index is 12.1. The van der Waals surface area contributed by atoms with Gasteiger partial charge < -0.3 is 15.2 Å². The summed E-state index contributed by atoms with van der Waals surface area (Å²) < 4.78 is 5.02. The molecule has 0 bridgehead atoms. The van der Waals surface area contributed by atoms with Crippen molar-refractivity contribution in [3.63, 3.8) is 0 Å². The van der Waals surface area contributed by atoms with Gasteiger partial charge in [0.15, 0.2) is 0 Å². The van der Waals surface area contributed by atoms with Crippen LogP contribution in [-0.2, 0) is 16.0 Å². The molecule has 0 aliphatic carbocycles. The van der Waals surface area contributed by atoms with Gasteiger partial charge in [-0.25, -0.2) is 0 Å². The molecule has 1 atom stereocenters. The van der Waals surface area contributed by atoms with Gasteiger partial charge in [-0.15, -0.1) is 0 Å². The molecule has 6 nitrogen and oxygen atoms in total. The summed E-state index contributed by atoms with van der Waals surface area (Å²) in [6.45, 7) is 4.63. The zero-order chi connectivity index (χ0) is 13.3. The van der Waals surface area contributed by atoms with Gasteiger partial charge in [0.2, 0.25) is 11.8 Å². The molecule has 1 fully saturated rings. The highest BCUT2D eigenvalue weighted by Gasteiger charge is 2.30. The molecule has 98 valence electrons. The van der Waals surface area contributed by atoms with E-state index in [1.165, 1.54) is 0 Å². The minimum Gasteiger partial charge on any atom is -0.369 e. The van der Waals surface area contributed by atoms with E-state index in [1.807, 2.05) is 6.92 Å². The standard InChI is InChI=1S/C12H17N3O3/c1-7-10(8(2)18-14-7)5-11(16)15-4-3-9(6-15)12(13)17/h9H,3-6H2,1-2H3,(H2,13,17)/t9-/m0/s1. The molecule has 0 aromatic carbocycles. The van der Waals surface area contributed by atoms with Crippen LogP contribution < -0.4 is 5.73 Å². The number of likely N-dealkylation sites (tertiary alicyclic amines) is 1. The van der Waals surface area contributed by atoms with Crippen molar-refractivity contribution < 1.29 is 14.1 Å². The first-order valence-electron chi connectivity index (χ1n) is 5.98. The molecule has 0 saturated carbocycles. The van der Waals surface area contributed by atoms with Crippen molar-refractivity contribution in [3.8, 4) is 0 Å². The number of carbonyl (C=O) groups is 2. The molecule has 2 heterocycles. The molecule has 0 spiro atoms. The fraction of sp³-hybridized carbons (Fsp3) is 0.583. The SMILES string of the molecule is Cc1noc(C)c1CC(=O)N1CC[C@H](C(N)=O)C1. The summed E-state index contributed by atoms with van der Waals surface area (Å²) in [7, 11) is 0. The van der Waals surface area contributed by atoms with Crippen molar-refractivity contribution in [2.24, 2.45) is 11.7 Å². The molecule has 1 aromatic rings. The number of aryl methyl sites for hydroxylation is 2. The van der Waals surface area contributed by atoms with Crippen LogP contribution in [0.2, 0.25) is 0 Å². The molecular weight excluding hydrogens is 234 g/mol. The molecule has 2 amide bonds. The topological polar surface area (TPSA) is 89.4 Å². The van der Waals surface area contributed by atoms with E-state index in [2.05, 4.69) is 5.16 Å². The molecule has 1 aromatic heterocycles. The van der Waals surface area contributed by atoms with Gasteiger partial charge in [0.1, 0.15) is 5.76 Å². The average Bonchev–Trinajstić information content (AvgIpc) is 2.91. The second kappa shape index (κ2) is 4.80. The maximum absolute atomic E-state index is 12.1. The monoisotopic (exact) mass is 251 g/mol. The van der Waals surface area contributed by atoms with E-state index < -0.39 is 0 Å². The first-order valence-corrected chi connectivity index (χ1v) is 5.98. The molecule has 18 heavy (non-hydrogen) atoms. The van der Waals surface area contributed by atoms with Crippen molar-refractivity contribution in [3.05, 3.63) is 17.0 Å². The lowest BCUT2D eigenvalue weighted by atomic mass is 10.1. The van der Waals surface area contributed by atoms with E-state index in [4.69, 9.17) is 10.3 Å². The van der Waals surface area contributed by atoms with Gasteiger partial charge in [-0.1, -0.05) is 5.16 Å². The van der Waals surface area contributed by atoms with E-state index in [-0.39, 0.29) is 24.2 Å². The van der Waals surface area contributed by atoms with Crippen LogP contribution in [0.4, 0.5) is 0 Å². The van der Waals surface area contributed by atoms with Crippen LogP contribution in [0.25, 0.3) is 0 Å². The van der Waals surface area contributed by atoms with Crippen LogP contribution in [0.5, 0.6) is 0 Å². The van der Waals surface area contributed by atoms with E-state index in [9.17, 15) is 9.59 Å². The number of nitrogens with zero attached hydrogens (tertiary/aromatic N) is 2. The van der Waals surface area contributed by atoms with Gasteiger partial charge in [0.05, 0.1) is 18.0 Å². The molecule has 1 aliphatic heterocycles. The highest BCUT2D eigenvalue weighted by atomic mass is 16.5. The summed E-state index contributed by atoms with van der Waals surface area (Å²) >= 11 is 0. The van der Waals surface area contributed by atoms with Crippen molar-refractivity contribution in [1.29, 1.82) is 0 Å². The third-order valence-corrected chi connectivity index (χ3v) is 3.45. The van der Waals surface area contributed by atoms with Crippen LogP contribution in [0.15, 0.2) is 4.52 Å². The Morgan fingerprint density at radius 2 is 2.22 bits per heavy atom. The molecule has 2 N–H and O–H groups in total. The van der Waals surface area contributed by atoms with Gasteiger partial charge in [-0.05, 0) is 20.3 Å². The molecule has 0 unspecified atom stereocenters. The van der Waals surface area contributed by atoms with E-state index in [0.29, 0.717) is 25.3 Å². The average molecular weight is 251 g/mol. The molecule has 1 aliphatic rings. The Bertz CT molecular complexity index is 461. The Morgan fingerprint density at radius 3 is 2.72 bits per heavy atom. The van der Waals surface area contributed by atoms with Crippen LogP contribution in [0, 0.1) is 19.8 Å². The minimum absolute atomic E-state index is 0.00634. The summed E-state index contributed by atoms with van der Waals surface area (Å²) in [6, 6.07) is 0. The maximum Gasteiger partial charge on any atom is 0.227 e. The molecular formula is C12H17N3O3. The zero-order valence-electron chi connectivity index (χ0n) is 10.6. The van der Waals surface area contributed by atoms with Gasteiger partial charge in [-0.2, -0.15) is 0 Å². The number of primary amides is 1. The second-order valence-corrected chi connectivity index (χ2v) is 4.71. The second-order valence-electron chi connectivity index (χ2n) is 4.71. The van der Waals surface area contributed by atoms with Crippen LogP contribution >= 0.6 is 0 Å². The lowest BCUT2D eigenvalue weighted by Gasteiger charge is -2.15. The lowest BCUT2D eigenvalue weighted by Crippen LogP contribution is -2.32. The number of hydrogen-bond acceptors (Lipinski definition) is 4.